The minimum Gasteiger partial charge on any atom is -0.354 e. The van der Waals surface area contributed by atoms with E-state index in [2.05, 4.69) is 22.4 Å². The number of benzene rings is 1. The zero-order valence-electron chi connectivity index (χ0n) is 15.5. The number of carbonyl (C=O) groups excluding carboxylic acids is 1. The van der Waals surface area contributed by atoms with E-state index in [1.54, 1.807) is 23.1 Å². The van der Waals surface area contributed by atoms with E-state index in [1.165, 1.54) is 27.8 Å². The molecule has 0 fully saturated rings. The van der Waals surface area contributed by atoms with Crippen molar-refractivity contribution in [1.29, 1.82) is 0 Å². The molecule has 0 radical (unpaired) electrons. The van der Waals surface area contributed by atoms with Gasteiger partial charge in [0.2, 0.25) is 5.91 Å². The van der Waals surface area contributed by atoms with Crippen molar-refractivity contribution in [2.75, 3.05) is 12.3 Å². The molecule has 1 N–H and O–H groups in total. The van der Waals surface area contributed by atoms with E-state index in [-0.39, 0.29) is 18.0 Å². The topological polar surface area (TPSA) is 64.0 Å². The lowest BCUT2D eigenvalue weighted by Crippen LogP contribution is -2.33. The molecule has 0 aliphatic heterocycles. The van der Waals surface area contributed by atoms with Crippen LogP contribution in [0.15, 0.2) is 64.3 Å². The molecular weight excluding hydrogens is 422 g/mol. The summed E-state index contributed by atoms with van der Waals surface area (Å²) in [6.07, 6.45) is 1.46. The van der Waals surface area contributed by atoms with E-state index in [0.29, 0.717) is 16.8 Å². The molecule has 3 heterocycles. The number of nitrogens with one attached hydrogen (secondary N) is 1. The minimum absolute atomic E-state index is 0.0230. The Labute approximate surface area is 180 Å². The number of hydrogen-bond acceptors (Lipinski definition) is 6. The van der Waals surface area contributed by atoms with Crippen LogP contribution in [0.4, 0.5) is 0 Å². The van der Waals surface area contributed by atoms with Crippen LogP contribution in [0.3, 0.4) is 0 Å². The Bertz CT molecular complexity index is 1150. The monoisotopic (exact) mass is 441 g/mol. The summed E-state index contributed by atoms with van der Waals surface area (Å²) in [6, 6.07) is 14.2. The van der Waals surface area contributed by atoms with E-state index in [4.69, 9.17) is 0 Å². The number of fused-ring (bicyclic) bond motifs is 1. The normalized spacial score (nSPS) is 11.0. The molecule has 1 amide bonds. The van der Waals surface area contributed by atoms with Gasteiger partial charge in [-0.2, -0.15) is 11.8 Å². The molecule has 0 aliphatic carbocycles. The lowest BCUT2D eigenvalue weighted by atomic mass is 10.2. The van der Waals surface area contributed by atoms with Gasteiger partial charge in [0.05, 0.1) is 11.7 Å². The molecule has 0 bridgehead atoms. The Hall–Kier alpha value is -2.42. The first-order valence-electron chi connectivity index (χ1n) is 9.11. The molecule has 5 nitrogen and oxygen atoms in total. The van der Waals surface area contributed by atoms with E-state index in [1.807, 2.05) is 41.1 Å². The van der Waals surface area contributed by atoms with Crippen LogP contribution in [0.1, 0.15) is 5.56 Å². The lowest BCUT2D eigenvalue weighted by molar-refractivity contribution is -0.121. The van der Waals surface area contributed by atoms with Gasteiger partial charge in [-0.05, 0) is 17.0 Å². The Morgan fingerprint density at radius 1 is 1.14 bits per heavy atom. The Morgan fingerprint density at radius 2 is 2.00 bits per heavy atom. The maximum absolute atomic E-state index is 12.9. The smallest absolute Gasteiger partial charge is 0.263 e. The van der Waals surface area contributed by atoms with Crippen molar-refractivity contribution < 1.29 is 4.79 Å². The molecular formula is C21H19N3O2S3. The predicted molar refractivity (Wildman–Crippen MR) is 123 cm³/mol. The summed E-state index contributed by atoms with van der Waals surface area (Å²) < 4.78 is 1.39. The third kappa shape index (κ3) is 4.77. The maximum atomic E-state index is 12.9. The van der Waals surface area contributed by atoms with Gasteiger partial charge in [-0.15, -0.1) is 22.7 Å². The first kappa shape index (κ1) is 19.9. The summed E-state index contributed by atoms with van der Waals surface area (Å²) in [4.78, 5) is 31.3. The van der Waals surface area contributed by atoms with Gasteiger partial charge < -0.3 is 5.32 Å². The highest BCUT2D eigenvalue weighted by molar-refractivity contribution is 7.98. The third-order valence-electron chi connectivity index (χ3n) is 4.34. The number of thiophene rings is 2. The average Bonchev–Trinajstić information content (AvgIpc) is 3.40. The number of rotatable bonds is 8. The van der Waals surface area contributed by atoms with Crippen LogP contribution in [0.2, 0.25) is 0 Å². The number of amides is 1. The molecule has 4 rings (SSSR count). The van der Waals surface area contributed by atoms with Crippen LogP contribution in [-0.4, -0.2) is 27.8 Å². The van der Waals surface area contributed by atoms with Crippen molar-refractivity contribution in [1.82, 2.24) is 14.9 Å². The molecule has 0 saturated heterocycles. The summed E-state index contributed by atoms with van der Waals surface area (Å²) in [6.45, 7) is 0.546. The number of aromatic nitrogens is 2. The second-order valence-corrected chi connectivity index (χ2v) is 9.28. The van der Waals surface area contributed by atoms with E-state index >= 15 is 0 Å². The van der Waals surface area contributed by atoms with Crippen molar-refractivity contribution >= 4 is 50.6 Å². The molecule has 0 saturated carbocycles. The average molecular weight is 442 g/mol. The summed E-state index contributed by atoms with van der Waals surface area (Å²) in [7, 11) is 0. The molecule has 4 aromatic rings. The molecule has 0 atom stereocenters. The zero-order valence-corrected chi connectivity index (χ0v) is 18.0. The van der Waals surface area contributed by atoms with Crippen molar-refractivity contribution in [2.45, 2.75) is 12.3 Å². The van der Waals surface area contributed by atoms with Gasteiger partial charge in [0.1, 0.15) is 11.4 Å². The van der Waals surface area contributed by atoms with Crippen LogP contribution in [0, 0.1) is 0 Å². The van der Waals surface area contributed by atoms with E-state index < -0.39 is 0 Å². The lowest BCUT2D eigenvalue weighted by Gasteiger charge is -2.08. The van der Waals surface area contributed by atoms with Crippen LogP contribution in [0.5, 0.6) is 0 Å². The van der Waals surface area contributed by atoms with Gasteiger partial charge >= 0.3 is 0 Å². The third-order valence-corrected chi connectivity index (χ3v) is 7.16. The number of hydrogen-bond donors (Lipinski definition) is 1. The second-order valence-electron chi connectivity index (χ2n) is 6.37. The highest BCUT2D eigenvalue weighted by Gasteiger charge is 2.15. The molecule has 8 heteroatoms. The fraction of sp³-hybridized carbons (Fsp3) is 0.190. The molecule has 0 spiro atoms. The fourth-order valence-corrected chi connectivity index (χ4v) is 5.47. The van der Waals surface area contributed by atoms with Crippen molar-refractivity contribution in [2.24, 2.45) is 0 Å². The minimum atomic E-state index is -0.179. The van der Waals surface area contributed by atoms with Crippen LogP contribution >= 0.6 is 34.4 Å². The van der Waals surface area contributed by atoms with Gasteiger partial charge in [0.25, 0.3) is 5.56 Å². The van der Waals surface area contributed by atoms with Crippen LogP contribution < -0.4 is 10.9 Å². The Morgan fingerprint density at radius 3 is 2.79 bits per heavy atom. The standard InChI is InChI=1S/C21H19N3O2S3/c25-18(22-8-10-27-12-15-5-2-1-3-6-15)11-24-14-23-20-19(21(24)26)16(13-29-20)17-7-4-9-28-17/h1-7,9,13-14H,8,10-12H2,(H,22,25). The molecule has 148 valence electrons. The summed E-state index contributed by atoms with van der Waals surface area (Å²) in [5.41, 5.74) is 1.99. The number of carbonyl (C=O) groups is 1. The summed E-state index contributed by atoms with van der Waals surface area (Å²) in [5, 5.41) is 7.42. The highest BCUT2D eigenvalue weighted by Crippen LogP contribution is 2.33. The second kappa shape index (κ2) is 9.39. The van der Waals surface area contributed by atoms with Crippen LogP contribution in [0.25, 0.3) is 20.7 Å². The van der Waals surface area contributed by atoms with Gasteiger partial charge in [0, 0.05) is 33.9 Å². The predicted octanol–water partition coefficient (Wildman–Crippen LogP) is 4.24. The van der Waals surface area contributed by atoms with Gasteiger partial charge in [-0.1, -0.05) is 36.4 Å². The molecule has 29 heavy (non-hydrogen) atoms. The van der Waals surface area contributed by atoms with Gasteiger partial charge in [0.15, 0.2) is 0 Å². The Balaban J connectivity index is 1.35. The largest absolute Gasteiger partial charge is 0.354 e. The van der Waals surface area contributed by atoms with Crippen LogP contribution in [-0.2, 0) is 17.1 Å². The van der Waals surface area contributed by atoms with Crippen molar-refractivity contribution in [3.63, 3.8) is 0 Å². The molecule has 3 aromatic heterocycles. The Kier molecular flexibility index (Phi) is 6.43. The first-order valence-corrected chi connectivity index (χ1v) is 12.0. The summed E-state index contributed by atoms with van der Waals surface area (Å²) >= 11 is 4.81. The van der Waals surface area contributed by atoms with Gasteiger partial charge in [-0.3, -0.25) is 14.2 Å². The molecule has 0 unspecified atom stereocenters. The number of thioether (sulfide) groups is 1. The molecule has 0 aliphatic rings. The summed E-state index contributed by atoms with van der Waals surface area (Å²) in [5.74, 6) is 1.56. The van der Waals surface area contributed by atoms with Gasteiger partial charge in [-0.25, -0.2) is 4.98 Å². The van der Waals surface area contributed by atoms with Crippen molar-refractivity contribution in [3.8, 4) is 10.4 Å². The maximum Gasteiger partial charge on any atom is 0.263 e. The van der Waals surface area contributed by atoms with E-state index in [0.717, 1.165) is 21.9 Å². The number of nitrogens with zero attached hydrogens (tertiary/aromatic N) is 2. The highest BCUT2D eigenvalue weighted by atomic mass is 32.2. The van der Waals surface area contributed by atoms with Crippen molar-refractivity contribution in [3.05, 3.63) is 75.5 Å². The van der Waals surface area contributed by atoms with E-state index in [9.17, 15) is 9.59 Å². The first-order chi connectivity index (χ1) is 14.2. The fourth-order valence-electron chi connectivity index (χ4n) is 2.93. The zero-order chi connectivity index (χ0) is 20.1. The quantitative estimate of drug-likeness (QED) is 0.416. The molecule has 1 aromatic carbocycles. The SMILES string of the molecule is O=C(Cn1cnc2scc(-c3cccs3)c2c1=O)NCCSCc1ccccc1.